The van der Waals surface area contributed by atoms with E-state index >= 15 is 0 Å². The van der Waals surface area contributed by atoms with Crippen LogP contribution >= 0.6 is 38.5 Å². The molecule has 0 radical (unpaired) electrons. The lowest BCUT2D eigenvalue weighted by Gasteiger charge is -2.09. The molecule has 0 unspecified atom stereocenters. The number of rotatable bonds is 5. The van der Waals surface area contributed by atoms with Gasteiger partial charge < -0.3 is 10.1 Å². The highest BCUT2D eigenvalue weighted by atomic mass is 127. The van der Waals surface area contributed by atoms with Crippen LogP contribution < -0.4 is 10.1 Å². The average molecular weight is 486 g/mol. The summed E-state index contributed by atoms with van der Waals surface area (Å²) in [5.41, 5.74) is 2.82. The molecule has 0 fully saturated rings. The highest BCUT2D eigenvalue weighted by Gasteiger charge is 2.05. The molecule has 1 amide bonds. The van der Waals surface area contributed by atoms with Crippen molar-refractivity contribution in [2.45, 2.75) is 13.3 Å². The van der Waals surface area contributed by atoms with Crippen LogP contribution in [0.25, 0.3) is 6.08 Å². The molecule has 0 saturated heterocycles. The summed E-state index contributed by atoms with van der Waals surface area (Å²) >= 11 is 5.69. The zero-order valence-corrected chi connectivity index (χ0v) is 16.6. The van der Waals surface area contributed by atoms with Gasteiger partial charge in [0.15, 0.2) is 0 Å². The summed E-state index contributed by atoms with van der Waals surface area (Å²) in [6.07, 6.45) is 4.13. The number of halogens is 2. The fourth-order valence-corrected chi connectivity index (χ4v) is 3.09. The average Bonchev–Trinajstić information content (AvgIpc) is 2.54. The summed E-state index contributed by atoms with van der Waals surface area (Å²) in [6, 6.07) is 11.7. The number of amides is 1. The summed E-state index contributed by atoms with van der Waals surface area (Å²) in [5.74, 6) is 0.559. The second-order valence-electron chi connectivity index (χ2n) is 4.86. The van der Waals surface area contributed by atoms with E-state index in [4.69, 9.17) is 4.74 Å². The summed E-state index contributed by atoms with van der Waals surface area (Å²) in [4.78, 5) is 12.2. The number of aryl methyl sites for hydroxylation is 1. The molecule has 2 aromatic rings. The molecule has 23 heavy (non-hydrogen) atoms. The van der Waals surface area contributed by atoms with Gasteiger partial charge in [0.05, 0.1) is 7.11 Å². The molecule has 3 nitrogen and oxygen atoms in total. The lowest BCUT2D eigenvalue weighted by molar-refractivity contribution is -0.111. The number of hydrogen-bond acceptors (Lipinski definition) is 2. The van der Waals surface area contributed by atoms with E-state index in [9.17, 15) is 4.79 Å². The molecule has 5 heteroatoms. The largest absolute Gasteiger partial charge is 0.496 e. The number of hydrogen-bond donors (Lipinski definition) is 1. The predicted molar refractivity (Wildman–Crippen MR) is 107 cm³/mol. The molecule has 0 aliphatic heterocycles. The van der Waals surface area contributed by atoms with Gasteiger partial charge in [0.1, 0.15) is 5.75 Å². The highest BCUT2D eigenvalue weighted by Crippen LogP contribution is 2.24. The van der Waals surface area contributed by atoms with E-state index in [0.717, 1.165) is 37.0 Å². The third-order valence-corrected chi connectivity index (χ3v) is 4.48. The predicted octanol–water partition coefficient (Wildman–Crippen LogP) is 5.28. The van der Waals surface area contributed by atoms with Crippen LogP contribution in [0.2, 0.25) is 0 Å². The van der Waals surface area contributed by atoms with Gasteiger partial charge in [0.25, 0.3) is 0 Å². The third-order valence-electron chi connectivity index (χ3n) is 3.31. The fraction of sp³-hybridized carbons (Fsp3) is 0.167. The molecule has 1 N–H and O–H groups in total. The first-order chi connectivity index (χ1) is 11.0. The first-order valence-corrected chi connectivity index (χ1v) is 9.01. The number of methoxy groups -OCH3 is 1. The lowest BCUT2D eigenvalue weighted by atomic mass is 10.1. The first-order valence-electron chi connectivity index (χ1n) is 7.14. The Morgan fingerprint density at radius 3 is 2.78 bits per heavy atom. The Kier molecular flexibility index (Phi) is 6.65. The van der Waals surface area contributed by atoms with Crippen LogP contribution in [0.5, 0.6) is 5.75 Å². The maximum atomic E-state index is 12.2. The van der Waals surface area contributed by atoms with E-state index in [0.29, 0.717) is 0 Å². The van der Waals surface area contributed by atoms with Gasteiger partial charge >= 0.3 is 0 Å². The maximum Gasteiger partial charge on any atom is 0.248 e. The lowest BCUT2D eigenvalue weighted by Crippen LogP contribution is -2.09. The Morgan fingerprint density at radius 1 is 1.30 bits per heavy atom. The Labute approximate surface area is 158 Å². The van der Waals surface area contributed by atoms with Gasteiger partial charge in [-0.05, 0) is 77.0 Å². The number of carbonyl (C=O) groups is 1. The standard InChI is InChI=1S/C18H17BrINO2/c1-3-12-11-15(20)6-7-16(12)21-18(22)9-4-13-10-14(19)5-8-17(13)23-2/h4-11H,3H2,1-2H3,(H,21,22). The number of nitrogens with one attached hydrogen (secondary N) is 1. The van der Waals surface area contributed by atoms with Gasteiger partial charge in [-0.2, -0.15) is 0 Å². The first kappa shape index (κ1) is 18.0. The fourth-order valence-electron chi connectivity index (χ4n) is 2.15. The molecular weight excluding hydrogens is 469 g/mol. The zero-order chi connectivity index (χ0) is 16.8. The topological polar surface area (TPSA) is 38.3 Å². The van der Waals surface area contributed by atoms with E-state index in [-0.39, 0.29) is 5.91 Å². The van der Waals surface area contributed by atoms with Crippen LogP contribution in [-0.4, -0.2) is 13.0 Å². The maximum absolute atomic E-state index is 12.2. The van der Waals surface area contributed by atoms with Crippen molar-refractivity contribution in [2.24, 2.45) is 0 Å². The van der Waals surface area contributed by atoms with Crippen molar-refractivity contribution in [3.8, 4) is 5.75 Å². The van der Waals surface area contributed by atoms with Crippen LogP contribution in [0.1, 0.15) is 18.1 Å². The van der Waals surface area contributed by atoms with Gasteiger partial charge in [0, 0.05) is 25.4 Å². The van der Waals surface area contributed by atoms with Crippen molar-refractivity contribution in [1.82, 2.24) is 0 Å². The van der Waals surface area contributed by atoms with Crippen LogP contribution in [0, 0.1) is 3.57 Å². The molecule has 120 valence electrons. The molecule has 2 aromatic carbocycles. The molecular formula is C18H17BrINO2. The van der Waals surface area contributed by atoms with E-state index in [2.05, 4.69) is 56.8 Å². The van der Waals surface area contributed by atoms with Crippen molar-refractivity contribution in [3.05, 3.63) is 61.6 Å². The quantitative estimate of drug-likeness (QED) is 0.462. The highest BCUT2D eigenvalue weighted by molar-refractivity contribution is 14.1. The Bertz CT molecular complexity index is 744. The minimum Gasteiger partial charge on any atom is -0.496 e. The van der Waals surface area contributed by atoms with Crippen LogP contribution in [0.4, 0.5) is 5.69 Å². The SMILES string of the molecule is CCc1cc(I)ccc1NC(=O)C=Cc1cc(Br)ccc1OC. The monoisotopic (exact) mass is 485 g/mol. The normalized spacial score (nSPS) is 10.8. The molecule has 0 aliphatic carbocycles. The van der Waals surface area contributed by atoms with Crippen molar-refractivity contribution in [3.63, 3.8) is 0 Å². The number of anilines is 1. The van der Waals surface area contributed by atoms with Gasteiger partial charge in [-0.15, -0.1) is 0 Å². The van der Waals surface area contributed by atoms with Crippen LogP contribution in [0.3, 0.4) is 0 Å². The summed E-state index contributed by atoms with van der Waals surface area (Å²) in [7, 11) is 1.61. The zero-order valence-electron chi connectivity index (χ0n) is 12.9. The van der Waals surface area contributed by atoms with Crippen LogP contribution in [0.15, 0.2) is 46.9 Å². The molecule has 2 rings (SSSR count). The number of carbonyl (C=O) groups excluding carboxylic acids is 1. The Hall–Kier alpha value is -1.34. The smallest absolute Gasteiger partial charge is 0.248 e. The summed E-state index contributed by atoms with van der Waals surface area (Å²) < 4.78 is 7.39. The van der Waals surface area contributed by atoms with Gasteiger partial charge in [-0.25, -0.2) is 0 Å². The van der Waals surface area contributed by atoms with Crippen molar-refractivity contribution in [1.29, 1.82) is 0 Å². The number of benzene rings is 2. The molecule has 0 bridgehead atoms. The Morgan fingerprint density at radius 2 is 2.09 bits per heavy atom. The number of ether oxygens (including phenoxy) is 1. The molecule has 0 aliphatic rings. The third kappa shape index (κ3) is 5.07. The minimum atomic E-state index is -0.164. The van der Waals surface area contributed by atoms with Crippen LogP contribution in [-0.2, 0) is 11.2 Å². The molecule has 0 heterocycles. The second-order valence-corrected chi connectivity index (χ2v) is 7.03. The second kappa shape index (κ2) is 8.49. The Balaban J connectivity index is 2.15. The van der Waals surface area contributed by atoms with Crippen molar-refractivity contribution >= 4 is 56.2 Å². The molecule has 0 saturated carbocycles. The van der Waals surface area contributed by atoms with Gasteiger partial charge in [0.2, 0.25) is 5.91 Å². The van der Waals surface area contributed by atoms with Crippen molar-refractivity contribution < 1.29 is 9.53 Å². The van der Waals surface area contributed by atoms with E-state index < -0.39 is 0 Å². The molecule has 0 spiro atoms. The molecule has 0 atom stereocenters. The van der Waals surface area contributed by atoms with E-state index in [1.54, 1.807) is 13.2 Å². The summed E-state index contributed by atoms with van der Waals surface area (Å²) in [5, 5.41) is 2.93. The van der Waals surface area contributed by atoms with E-state index in [1.165, 1.54) is 6.08 Å². The van der Waals surface area contributed by atoms with Gasteiger partial charge in [-0.3, -0.25) is 4.79 Å². The van der Waals surface area contributed by atoms with Crippen molar-refractivity contribution in [2.75, 3.05) is 12.4 Å². The van der Waals surface area contributed by atoms with Gasteiger partial charge in [-0.1, -0.05) is 22.9 Å². The molecule has 0 aromatic heterocycles. The van der Waals surface area contributed by atoms with E-state index in [1.807, 2.05) is 30.3 Å². The summed E-state index contributed by atoms with van der Waals surface area (Å²) in [6.45, 7) is 2.07. The minimum absolute atomic E-state index is 0.164.